The van der Waals surface area contributed by atoms with Crippen molar-refractivity contribution in [2.45, 2.75) is 51.9 Å². The minimum atomic E-state index is -3.59. The molecule has 0 amide bonds. The van der Waals surface area contributed by atoms with Gasteiger partial charge in [0.1, 0.15) is 10.6 Å². The SMILES string of the molecule is Cc1ccc(C(C)C)cc1CCNS(=O)(=O)c1c(C)noc1C. The molecule has 1 aromatic carbocycles. The molecule has 0 radical (unpaired) electrons. The molecule has 126 valence electrons. The zero-order valence-electron chi connectivity index (χ0n) is 14.3. The van der Waals surface area contributed by atoms with Gasteiger partial charge in [0.2, 0.25) is 10.0 Å². The van der Waals surface area contributed by atoms with Gasteiger partial charge in [0.25, 0.3) is 0 Å². The fraction of sp³-hybridized carbons (Fsp3) is 0.471. The molecule has 6 heteroatoms. The van der Waals surface area contributed by atoms with Crippen LogP contribution in [0.15, 0.2) is 27.6 Å². The summed E-state index contributed by atoms with van der Waals surface area (Å²) < 4.78 is 32.3. The molecule has 1 aromatic heterocycles. The van der Waals surface area contributed by atoms with Gasteiger partial charge < -0.3 is 4.52 Å². The highest BCUT2D eigenvalue weighted by Gasteiger charge is 2.23. The van der Waals surface area contributed by atoms with Crippen LogP contribution >= 0.6 is 0 Å². The normalized spacial score (nSPS) is 12.1. The molecule has 0 fully saturated rings. The van der Waals surface area contributed by atoms with Crippen molar-refractivity contribution in [3.05, 3.63) is 46.3 Å². The second kappa shape index (κ2) is 6.84. The Morgan fingerprint density at radius 3 is 2.48 bits per heavy atom. The summed E-state index contributed by atoms with van der Waals surface area (Å²) in [6.45, 7) is 9.91. The van der Waals surface area contributed by atoms with Crippen molar-refractivity contribution in [1.29, 1.82) is 0 Å². The van der Waals surface area contributed by atoms with Crippen LogP contribution in [0.3, 0.4) is 0 Å². The lowest BCUT2D eigenvalue weighted by molar-refractivity contribution is 0.390. The standard InChI is InChI=1S/C17H24N2O3S/c1-11(2)15-7-6-12(3)16(10-15)8-9-18-23(20,21)17-13(4)19-22-14(17)5/h6-7,10-11,18H,8-9H2,1-5H3. The van der Waals surface area contributed by atoms with E-state index >= 15 is 0 Å². The van der Waals surface area contributed by atoms with Gasteiger partial charge in [-0.15, -0.1) is 0 Å². The van der Waals surface area contributed by atoms with E-state index in [2.05, 4.69) is 41.9 Å². The summed E-state index contributed by atoms with van der Waals surface area (Å²) in [5.41, 5.74) is 3.98. The summed E-state index contributed by atoms with van der Waals surface area (Å²) in [7, 11) is -3.59. The lowest BCUT2D eigenvalue weighted by atomic mass is 9.96. The first-order valence-electron chi connectivity index (χ1n) is 7.74. The van der Waals surface area contributed by atoms with E-state index in [1.807, 2.05) is 6.92 Å². The smallest absolute Gasteiger partial charge is 0.245 e. The van der Waals surface area contributed by atoms with Gasteiger partial charge in [0, 0.05) is 6.54 Å². The van der Waals surface area contributed by atoms with Gasteiger partial charge in [0.05, 0.1) is 0 Å². The molecule has 0 saturated heterocycles. The van der Waals surface area contributed by atoms with Gasteiger partial charge in [-0.25, -0.2) is 13.1 Å². The Morgan fingerprint density at radius 1 is 1.22 bits per heavy atom. The van der Waals surface area contributed by atoms with Crippen molar-refractivity contribution >= 4 is 10.0 Å². The van der Waals surface area contributed by atoms with E-state index in [4.69, 9.17) is 4.52 Å². The van der Waals surface area contributed by atoms with Crippen molar-refractivity contribution in [3.8, 4) is 0 Å². The maximum Gasteiger partial charge on any atom is 0.245 e. The summed E-state index contributed by atoms with van der Waals surface area (Å²) in [5.74, 6) is 0.765. The van der Waals surface area contributed by atoms with E-state index in [-0.39, 0.29) is 4.90 Å². The van der Waals surface area contributed by atoms with E-state index in [1.54, 1.807) is 13.8 Å². The van der Waals surface area contributed by atoms with E-state index in [9.17, 15) is 8.42 Å². The zero-order valence-corrected chi connectivity index (χ0v) is 15.1. The summed E-state index contributed by atoms with van der Waals surface area (Å²) in [5, 5.41) is 3.70. The minimum Gasteiger partial charge on any atom is -0.360 e. The molecule has 5 nitrogen and oxygen atoms in total. The van der Waals surface area contributed by atoms with E-state index < -0.39 is 10.0 Å². The number of aromatic nitrogens is 1. The molecule has 0 unspecified atom stereocenters. The summed E-state index contributed by atoms with van der Waals surface area (Å²) >= 11 is 0. The highest BCUT2D eigenvalue weighted by Crippen LogP contribution is 2.20. The molecule has 1 heterocycles. The molecule has 0 bridgehead atoms. The molecule has 0 aliphatic heterocycles. The maximum atomic E-state index is 12.4. The van der Waals surface area contributed by atoms with E-state index in [1.165, 1.54) is 11.1 Å². The van der Waals surface area contributed by atoms with Gasteiger partial charge in [-0.2, -0.15) is 0 Å². The van der Waals surface area contributed by atoms with Crippen LogP contribution in [0.5, 0.6) is 0 Å². The average molecular weight is 336 g/mol. The number of aryl methyl sites for hydroxylation is 3. The fourth-order valence-corrected chi connectivity index (χ4v) is 3.93. The molecule has 23 heavy (non-hydrogen) atoms. The predicted octanol–water partition coefficient (Wildman–Crippen LogP) is 3.24. The fourth-order valence-electron chi connectivity index (χ4n) is 2.57. The Hall–Kier alpha value is -1.66. The van der Waals surface area contributed by atoms with Crippen molar-refractivity contribution in [2.24, 2.45) is 0 Å². The zero-order chi connectivity index (χ0) is 17.2. The third-order valence-corrected chi connectivity index (χ3v) is 5.67. The second-order valence-electron chi connectivity index (χ2n) is 6.14. The molecular formula is C17H24N2O3S. The number of benzene rings is 1. The molecular weight excluding hydrogens is 312 g/mol. The van der Waals surface area contributed by atoms with Gasteiger partial charge >= 0.3 is 0 Å². The highest BCUT2D eigenvalue weighted by molar-refractivity contribution is 7.89. The first-order valence-corrected chi connectivity index (χ1v) is 9.22. The summed E-state index contributed by atoms with van der Waals surface area (Å²) in [4.78, 5) is 0.144. The van der Waals surface area contributed by atoms with Crippen LogP contribution in [0.4, 0.5) is 0 Å². The lowest BCUT2D eigenvalue weighted by Crippen LogP contribution is -2.27. The quantitative estimate of drug-likeness (QED) is 0.879. The van der Waals surface area contributed by atoms with Crippen LogP contribution in [0.1, 0.15) is 47.9 Å². The maximum absolute atomic E-state index is 12.4. The first-order chi connectivity index (χ1) is 10.7. The van der Waals surface area contributed by atoms with Crippen molar-refractivity contribution < 1.29 is 12.9 Å². The first kappa shape index (κ1) is 17.7. The van der Waals surface area contributed by atoms with E-state index in [0.29, 0.717) is 30.3 Å². The molecule has 0 saturated carbocycles. The monoisotopic (exact) mass is 336 g/mol. The summed E-state index contributed by atoms with van der Waals surface area (Å²) in [6, 6.07) is 6.37. The third kappa shape index (κ3) is 4.00. The summed E-state index contributed by atoms with van der Waals surface area (Å²) in [6.07, 6.45) is 0.648. The Labute approximate surface area is 138 Å². The van der Waals surface area contributed by atoms with Crippen LogP contribution in [0, 0.1) is 20.8 Å². The van der Waals surface area contributed by atoms with Gasteiger partial charge in [-0.05, 0) is 49.8 Å². The van der Waals surface area contributed by atoms with Crippen LogP contribution < -0.4 is 4.72 Å². The molecule has 2 rings (SSSR count). The minimum absolute atomic E-state index is 0.144. The Bertz CT molecular complexity index is 773. The average Bonchev–Trinajstić information content (AvgIpc) is 2.80. The molecule has 2 aromatic rings. The number of rotatable bonds is 6. The van der Waals surface area contributed by atoms with Gasteiger partial charge in [-0.3, -0.25) is 0 Å². The third-order valence-electron chi connectivity index (χ3n) is 3.96. The largest absolute Gasteiger partial charge is 0.360 e. The number of hydrogen-bond donors (Lipinski definition) is 1. The number of hydrogen-bond acceptors (Lipinski definition) is 4. The Balaban J connectivity index is 2.09. The van der Waals surface area contributed by atoms with Crippen molar-refractivity contribution in [1.82, 2.24) is 9.88 Å². The Kier molecular flexibility index (Phi) is 5.26. The van der Waals surface area contributed by atoms with Crippen LogP contribution in [0.25, 0.3) is 0 Å². The Morgan fingerprint density at radius 2 is 1.91 bits per heavy atom. The van der Waals surface area contributed by atoms with Gasteiger partial charge in [-0.1, -0.05) is 37.2 Å². The molecule has 0 spiro atoms. The topological polar surface area (TPSA) is 72.2 Å². The highest BCUT2D eigenvalue weighted by atomic mass is 32.2. The number of nitrogens with zero attached hydrogens (tertiary/aromatic N) is 1. The predicted molar refractivity (Wildman–Crippen MR) is 90.1 cm³/mol. The molecule has 1 N–H and O–H groups in total. The molecule has 0 aliphatic carbocycles. The molecule has 0 aliphatic rings. The van der Waals surface area contributed by atoms with Crippen LogP contribution in [0.2, 0.25) is 0 Å². The van der Waals surface area contributed by atoms with Gasteiger partial charge in [0.15, 0.2) is 5.76 Å². The van der Waals surface area contributed by atoms with Crippen molar-refractivity contribution in [3.63, 3.8) is 0 Å². The number of nitrogens with one attached hydrogen (secondary N) is 1. The molecule has 0 atom stereocenters. The van der Waals surface area contributed by atoms with E-state index in [0.717, 1.165) is 5.56 Å². The van der Waals surface area contributed by atoms with Crippen LogP contribution in [-0.2, 0) is 16.4 Å². The van der Waals surface area contributed by atoms with Crippen molar-refractivity contribution in [2.75, 3.05) is 6.54 Å². The number of sulfonamides is 1. The lowest BCUT2D eigenvalue weighted by Gasteiger charge is -2.12. The second-order valence-corrected chi connectivity index (χ2v) is 7.85. The van der Waals surface area contributed by atoms with Crippen LogP contribution in [-0.4, -0.2) is 20.1 Å².